The van der Waals surface area contributed by atoms with Crippen molar-refractivity contribution in [1.29, 1.82) is 0 Å². The first-order chi connectivity index (χ1) is 16.8. The summed E-state index contributed by atoms with van der Waals surface area (Å²) < 4.78 is 15.7. The van der Waals surface area contributed by atoms with Crippen LogP contribution in [-0.2, 0) is 38.2 Å². The Morgan fingerprint density at radius 3 is 1.89 bits per heavy atom. The molecule has 36 heavy (non-hydrogen) atoms. The predicted octanol–water partition coefficient (Wildman–Crippen LogP) is 1.43. The molecule has 0 saturated heterocycles. The first-order valence-corrected chi connectivity index (χ1v) is 12.2. The molecule has 0 radical (unpaired) electrons. The van der Waals surface area contributed by atoms with Crippen molar-refractivity contribution in [1.82, 2.24) is 9.80 Å². The van der Waals surface area contributed by atoms with Crippen molar-refractivity contribution in [2.45, 2.75) is 78.0 Å². The fourth-order valence-electron chi connectivity index (χ4n) is 3.61. The van der Waals surface area contributed by atoms with Gasteiger partial charge in [-0.1, -0.05) is 13.0 Å². The van der Waals surface area contributed by atoms with Crippen LogP contribution in [0.4, 0.5) is 0 Å². The van der Waals surface area contributed by atoms with E-state index in [4.69, 9.17) is 19.9 Å². The Hall–Kier alpha value is -2.95. The van der Waals surface area contributed by atoms with Crippen molar-refractivity contribution >= 4 is 29.7 Å². The molecule has 0 aromatic heterocycles. The molecule has 0 aliphatic carbocycles. The van der Waals surface area contributed by atoms with Gasteiger partial charge in [0.15, 0.2) is 5.92 Å². The minimum Gasteiger partial charge on any atom is -0.465 e. The van der Waals surface area contributed by atoms with Gasteiger partial charge in [-0.2, -0.15) is 0 Å². The van der Waals surface area contributed by atoms with E-state index in [0.717, 1.165) is 4.90 Å². The highest BCUT2D eigenvalue weighted by Crippen LogP contribution is 2.23. The van der Waals surface area contributed by atoms with Gasteiger partial charge in [-0.25, -0.2) is 0 Å². The molecule has 0 aromatic carbocycles. The van der Waals surface area contributed by atoms with Gasteiger partial charge >= 0.3 is 11.9 Å². The second kappa shape index (κ2) is 15.9. The largest absolute Gasteiger partial charge is 0.465 e. The van der Waals surface area contributed by atoms with Gasteiger partial charge in [0, 0.05) is 33.4 Å². The normalized spacial score (nSPS) is 12.9. The standard InChI is InChI=1S/C25H43N3O8/c1-9-13-20(29)27(7)18(15-17(23(32)34-11-3)24(33)35-12-4)22(31)28(8)19(21(26)30)16-25(5,6)36-14-10-2/h10,17-19H,2,9,11-16H2,1,3-8H3,(H2,26,30)/t18?,19-/m0/s1. The summed E-state index contributed by atoms with van der Waals surface area (Å²) in [5, 5.41) is 0. The number of likely N-dealkylation sites (N-methyl/N-ethyl adjacent to an activating group) is 2. The summed E-state index contributed by atoms with van der Waals surface area (Å²) >= 11 is 0. The fraction of sp³-hybridized carbons (Fsp3) is 0.720. The molecular weight excluding hydrogens is 470 g/mol. The van der Waals surface area contributed by atoms with Gasteiger partial charge in [0.25, 0.3) is 0 Å². The van der Waals surface area contributed by atoms with Crippen LogP contribution in [0.3, 0.4) is 0 Å². The number of rotatable bonds is 17. The van der Waals surface area contributed by atoms with Gasteiger partial charge in [0.05, 0.1) is 25.4 Å². The average molecular weight is 514 g/mol. The third-order valence-corrected chi connectivity index (χ3v) is 5.63. The highest BCUT2D eigenvalue weighted by Gasteiger charge is 2.41. The van der Waals surface area contributed by atoms with Crippen LogP contribution in [0, 0.1) is 5.92 Å². The minimum absolute atomic E-state index is 0.0153. The van der Waals surface area contributed by atoms with Crippen LogP contribution >= 0.6 is 0 Å². The van der Waals surface area contributed by atoms with E-state index < -0.39 is 47.4 Å². The zero-order valence-electron chi connectivity index (χ0n) is 22.7. The molecule has 11 nitrogen and oxygen atoms in total. The van der Waals surface area contributed by atoms with Gasteiger partial charge in [-0.05, 0) is 34.1 Å². The number of hydrogen-bond acceptors (Lipinski definition) is 8. The summed E-state index contributed by atoms with van der Waals surface area (Å²) in [6.07, 6.45) is 1.92. The maximum atomic E-state index is 13.7. The lowest BCUT2D eigenvalue weighted by atomic mass is 9.94. The van der Waals surface area contributed by atoms with E-state index in [2.05, 4.69) is 6.58 Å². The molecule has 2 atom stereocenters. The Morgan fingerprint density at radius 1 is 0.944 bits per heavy atom. The smallest absolute Gasteiger partial charge is 0.320 e. The summed E-state index contributed by atoms with van der Waals surface area (Å²) in [6, 6.07) is -2.34. The third-order valence-electron chi connectivity index (χ3n) is 5.63. The maximum absolute atomic E-state index is 13.7. The predicted molar refractivity (Wildman–Crippen MR) is 133 cm³/mol. The highest BCUT2D eigenvalue weighted by atomic mass is 16.6. The van der Waals surface area contributed by atoms with Crippen LogP contribution in [0.5, 0.6) is 0 Å². The van der Waals surface area contributed by atoms with E-state index in [0.29, 0.717) is 6.42 Å². The minimum atomic E-state index is -1.44. The number of carbonyl (C=O) groups is 5. The Bertz CT molecular complexity index is 765. The van der Waals surface area contributed by atoms with Crippen LogP contribution < -0.4 is 5.73 Å². The molecule has 0 saturated carbocycles. The number of carbonyl (C=O) groups excluding carboxylic acids is 5. The second-order valence-corrected chi connectivity index (χ2v) is 8.99. The van der Waals surface area contributed by atoms with Gasteiger partial charge in [0.1, 0.15) is 12.1 Å². The Balaban J connectivity index is 6.27. The van der Waals surface area contributed by atoms with Gasteiger partial charge in [-0.15, -0.1) is 6.58 Å². The van der Waals surface area contributed by atoms with Crippen LogP contribution in [0.2, 0.25) is 0 Å². The number of amides is 3. The lowest BCUT2D eigenvalue weighted by molar-refractivity contribution is -0.164. The molecule has 3 amide bonds. The first kappa shape index (κ1) is 33.0. The van der Waals surface area contributed by atoms with E-state index in [1.54, 1.807) is 33.8 Å². The van der Waals surface area contributed by atoms with E-state index in [1.807, 2.05) is 6.92 Å². The molecule has 0 fully saturated rings. The molecule has 206 valence electrons. The molecule has 0 aliphatic heterocycles. The molecule has 11 heteroatoms. The number of hydrogen-bond donors (Lipinski definition) is 1. The first-order valence-electron chi connectivity index (χ1n) is 12.2. The average Bonchev–Trinajstić information content (AvgIpc) is 2.81. The molecule has 0 rings (SSSR count). The number of esters is 2. The maximum Gasteiger partial charge on any atom is 0.320 e. The van der Waals surface area contributed by atoms with E-state index in [9.17, 15) is 24.0 Å². The van der Waals surface area contributed by atoms with Gasteiger partial charge in [0.2, 0.25) is 17.7 Å². The van der Waals surface area contributed by atoms with E-state index in [-0.39, 0.29) is 45.0 Å². The zero-order chi connectivity index (χ0) is 28.1. The van der Waals surface area contributed by atoms with Crippen molar-refractivity contribution in [3.05, 3.63) is 12.7 Å². The summed E-state index contributed by atoms with van der Waals surface area (Å²) in [5.74, 6) is -4.96. The summed E-state index contributed by atoms with van der Waals surface area (Å²) in [7, 11) is 2.80. The monoisotopic (exact) mass is 513 g/mol. The van der Waals surface area contributed by atoms with Crippen LogP contribution in [-0.4, -0.2) is 91.1 Å². The van der Waals surface area contributed by atoms with Crippen molar-refractivity contribution in [2.75, 3.05) is 33.9 Å². The SMILES string of the molecule is C=CCOC(C)(C)C[C@@H](C(N)=O)N(C)C(=O)C(CC(C(=O)OCC)C(=O)OCC)N(C)C(=O)CCC. The van der Waals surface area contributed by atoms with Crippen molar-refractivity contribution in [3.63, 3.8) is 0 Å². The molecular formula is C25H43N3O8. The summed E-state index contributed by atoms with van der Waals surface area (Å²) in [4.78, 5) is 66.3. The Kier molecular flexibility index (Phi) is 14.6. The van der Waals surface area contributed by atoms with Gasteiger partial charge in [-0.3, -0.25) is 24.0 Å². The lowest BCUT2D eigenvalue weighted by Crippen LogP contribution is -2.56. The van der Waals surface area contributed by atoms with Crippen molar-refractivity contribution in [3.8, 4) is 0 Å². The molecule has 0 spiro atoms. The number of nitrogens with zero attached hydrogens (tertiary/aromatic N) is 2. The number of primary amides is 1. The van der Waals surface area contributed by atoms with E-state index in [1.165, 1.54) is 19.0 Å². The number of nitrogens with two attached hydrogens (primary N) is 1. The molecule has 1 unspecified atom stereocenters. The highest BCUT2D eigenvalue weighted by molar-refractivity contribution is 5.97. The molecule has 0 aliphatic rings. The van der Waals surface area contributed by atoms with E-state index >= 15 is 0 Å². The zero-order valence-corrected chi connectivity index (χ0v) is 22.7. The Morgan fingerprint density at radius 2 is 1.47 bits per heavy atom. The van der Waals surface area contributed by atoms with Crippen LogP contribution in [0.1, 0.15) is 60.3 Å². The molecule has 0 heterocycles. The second-order valence-electron chi connectivity index (χ2n) is 8.99. The van der Waals surface area contributed by atoms with Crippen LogP contribution in [0.25, 0.3) is 0 Å². The molecule has 2 N–H and O–H groups in total. The molecule has 0 aromatic rings. The van der Waals surface area contributed by atoms with Crippen molar-refractivity contribution < 1.29 is 38.2 Å². The number of ether oxygens (including phenoxy) is 3. The van der Waals surface area contributed by atoms with Gasteiger partial charge < -0.3 is 29.7 Å². The quantitative estimate of drug-likeness (QED) is 0.175. The summed E-state index contributed by atoms with van der Waals surface area (Å²) in [5.41, 5.74) is 4.80. The van der Waals surface area contributed by atoms with Crippen LogP contribution in [0.15, 0.2) is 12.7 Å². The van der Waals surface area contributed by atoms with Crippen molar-refractivity contribution in [2.24, 2.45) is 11.7 Å². The lowest BCUT2D eigenvalue weighted by Gasteiger charge is -2.37. The molecule has 0 bridgehead atoms. The fourth-order valence-corrected chi connectivity index (χ4v) is 3.61. The topological polar surface area (TPSA) is 146 Å². The summed E-state index contributed by atoms with van der Waals surface area (Å²) in [6.45, 7) is 12.3. The third kappa shape index (κ3) is 10.3. The Labute approximate surface area is 214 Å².